The average molecular weight is 423 g/mol. The molecule has 1 heterocycles. The second-order valence-electron chi connectivity index (χ2n) is 7.18. The summed E-state index contributed by atoms with van der Waals surface area (Å²) in [4.78, 5) is 17.1. The van der Waals surface area contributed by atoms with Crippen LogP contribution in [0.5, 0.6) is 0 Å². The molecule has 0 saturated carbocycles. The number of carbonyl (C=O) groups is 1. The third-order valence-electron chi connectivity index (χ3n) is 5.17. The third kappa shape index (κ3) is 3.94. The predicted octanol–water partition coefficient (Wildman–Crippen LogP) is 7.05. The number of nitrogens with zero attached hydrogens (tertiary/aromatic N) is 1. The molecule has 1 N–H and O–H groups in total. The summed E-state index contributed by atoms with van der Waals surface area (Å²) in [6.07, 6.45) is 1.04. The molecule has 0 aliphatic heterocycles. The van der Waals surface area contributed by atoms with E-state index in [-0.39, 0.29) is 5.56 Å². The van der Waals surface area contributed by atoms with Gasteiger partial charge >= 0.3 is 0 Å². The Morgan fingerprint density at radius 3 is 2.73 bits per heavy atom. The standard InChI is InChI=1S/C24H20ClFN2O2/c1-3-14(2)15-9-11-22-21(12-15)28-24(30-22)16-8-10-18(25)20(13-16)27-23(29)17-6-4-5-7-19(17)26/h4-14H,3H2,1-2H3,(H,27,29)/t14-/m0/s1. The summed E-state index contributed by atoms with van der Waals surface area (Å²) < 4.78 is 19.8. The van der Waals surface area contributed by atoms with E-state index in [2.05, 4.69) is 24.1 Å². The molecule has 4 nitrogen and oxygen atoms in total. The number of fused-ring (bicyclic) bond motifs is 1. The molecule has 0 aliphatic rings. The van der Waals surface area contributed by atoms with Gasteiger partial charge in [-0.3, -0.25) is 4.79 Å². The molecule has 0 spiro atoms. The van der Waals surface area contributed by atoms with E-state index in [1.807, 2.05) is 18.2 Å². The molecule has 0 fully saturated rings. The minimum absolute atomic E-state index is 0.0570. The Morgan fingerprint density at radius 2 is 1.97 bits per heavy atom. The Morgan fingerprint density at radius 1 is 1.17 bits per heavy atom. The molecule has 3 aromatic carbocycles. The van der Waals surface area contributed by atoms with Crippen molar-refractivity contribution < 1.29 is 13.6 Å². The number of benzene rings is 3. The average Bonchev–Trinajstić information content (AvgIpc) is 3.18. The van der Waals surface area contributed by atoms with E-state index in [1.165, 1.54) is 23.8 Å². The number of carbonyl (C=O) groups excluding carboxylic acids is 1. The van der Waals surface area contributed by atoms with Gasteiger partial charge < -0.3 is 9.73 Å². The van der Waals surface area contributed by atoms with Gasteiger partial charge in [0.15, 0.2) is 5.58 Å². The van der Waals surface area contributed by atoms with Crippen LogP contribution in [0.2, 0.25) is 5.02 Å². The van der Waals surface area contributed by atoms with Gasteiger partial charge in [0.25, 0.3) is 5.91 Å². The normalized spacial score (nSPS) is 12.1. The Kier molecular flexibility index (Phi) is 5.55. The van der Waals surface area contributed by atoms with Crippen LogP contribution in [0.25, 0.3) is 22.6 Å². The molecule has 1 aromatic heterocycles. The van der Waals surface area contributed by atoms with Gasteiger partial charge in [0.1, 0.15) is 11.3 Å². The number of aromatic nitrogens is 1. The van der Waals surface area contributed by atoms with Gasteiger partial charge in [-0.1, -0.05) is 43.6 Å². The monoisotopic (exact) mass is 422 g/mol. The van der Waals surface area contributed by atoms with Crippen LogP contribution in [-0.4, -0.2) is 10.9 Å². The molecule has 0 aliphatic carbocycles. The highest BCUT2D eigenvalue weighted by Crippen LogP contribution is 2.32. The van der Waals surface area contributed by atoms with E-state index in [0.717, 1.165) is 11.9 Å². The minimum atomic E-state index is -0.599. The Bertz CT molecular complexity index is 1240. The highest BCUT2D eigenvalue weighted by atomic mass is 35.5. The lowest BCUT2D eigenvalue weighted by Crippen LogP contribution is -2.14. The van der Waals surface area contributed by atoms with Gasteiger partial charge in [-0.2, -0.15) is 0 Å². The Hall–Kier alpha value is -3.18. The Balaban J connectivity index is 1.66. The van der Waals surface area contributed by atoms with E-state index < -0.39 is 11.7 Å². The fourth-order valence-electron chi connectivity index (χ4n) is 3.20. The van der Waals surface area contributed by atoms with E-state index in [0.29, 0.717) is 33.7 Å². The summed E-state index contributed by atoms with van der Waals surface area (Å²) >= 11 is 6.25. The molecule has 1 atom stereocenters. The number of amides is 1. The van der Waals surface area contributed by atoms with Crippen LogP contribution >= 0.6 is 11.6 Å². The maximum atomic E-state index is 13.9. The maximum Gasteiger partial charge on any atom is 0.258 e. The van der Waals surface area contributed by atoms with Crippen molar-refractivity contribution >= 4 is 34.3 Å². The van der Waals surface area contributed by atoms with Crippen molar-refractivity contribution in [2.24, 2.45) is 0 Å². The van der Waals surface area contributed by atoms with E-state index in [4.69, 9.17) is 16.0 Å². The van der Waals surface area contributed by atoms with Crippen molar-refractivity contribution in [2.45, 2.75) is 26.2 Å². The number of hydrogen-bond donors (Lipinski definition) is 1. The maximum absolute atomic E-state index is 13.9. The topological polar surface area (TPSA) is 55.1 Å². The first-order valence-electron chi connectivity index (χ1n) is 9.72. The SMILES string of the molecule is CC[C@H](C)c1ccc2oc(-c3ccc(Cl)c(NC(=O)c4ccccc4F)c3)nc2c1. The first kappa shape index (κ1) is 20.1. The first-order valence-corrected chi connectivity index (χ1v) is 10.1. The summed E-state index contributed by atoms with van der Waals surface area (Å²) in [7, 11) is 0. The molecule has 4 aromatic rings. The summed E-state index contributed by atoms with van der Waals surface area (Å²) in [5.74, 6) is -0.323. The number of halogens is 2. The minimum Gasteiger partial charge on any atom is -0.436 e. The summed E-state index contributed by atoms with van der Waals surface area (Å²) in [5, 5.41) is 2.99. The third-order valence-corrected chi connectivity index (χ3v) is 5.50. The van der Waals surface area contributed by atoms with Gasteiger partial charge in [-0.25, -0.2) is 9.37 Å². The van der Waals surface area contributed by atoms with Crippen LogP contribution in [0.3, 0.4) is 0 Å². The van der Waals surface area contributed by atoms with Crippen LogP contribution in [-0.2, 0) is 0 Å². The number of rotatable bonds is 5. The van der Waals surface area contributed by atoms with Crippen molar-refractivity contribution in [1.29, 1.82) is 0 Å². The van der Waals surface area contributed by atoms with Crippen LogP contribution in [0.1, 0.15) is 42.1 Å². The second-order valence-corrected chi connectivity index (χ2v) is 7.59. The van der Waals surface area contributed by atoms with Crippen LogP contribution < -0.4 is 5.32 Å². The number of hydrogen-bond acceptors (Lipinski definition) is 3. The molecule has 30 heavy (non-hydrogen) atoms. The Labute approximate surface area is 178 Å². The molecule has 152 valence electrons. The zero-order valence-electron chi connectivity index (χ0n) is 16.6. The fraction of sp³-hybridized carbons (Fsp3) is 0.167. The molecule has 0 bridgehead atoms. The summed E-state index contributed by atoms with van der Waals surface area (Å²) in [6.45, 7) is 4.32. The largest absolute Gasteiger partial charge is 0.436 e. The zero-order chi connectivity index (χ0) is 21.3. The molecule has 1 amide bonds. The molecular weight excluding hydrogens is 403 g/mol. The second kappa shape index (κ2) is 8.28. The lowest BCUT2D eigenvalue weighted by atomic mass is 9.98. The van der Waals surface area contributed by atoms with Gasteiger partial charge in [-0.15, -0.1) is 0 Å². The highest BCUT2D eigenvalue weighted by molar-refractivity contribution is 6.34. The van der Waals surface area contributed by atoms with Crippen molar-refractivity contribution in [2.75, 3.05) is 5.32 Å². The molecule has 6 heteroatoms. The fourth-order valence-corrected chi connectivity index (χ4v) is 3.36. The number of oxazole rings is 1. The lowest BCUT2D eigenvalue weighted by Gasteiger charge is -2.09. The van der Waals surface area contributed by atoms with Gasteiger partial charge in [0.2, 0.25) is 5.89 Å². The number of anilines is 1. The van der Waals surface area contributed by atoms with Crippen molar-refractivity contribution in [1.82, 2.24) is 4.98 Å². The van der Waals surface area contributed by atoms with Crippen LogP contribution in [0.15, 0.2) is 65.1 Å². The first-order chi connectivity index (χ1) is 14.5. The van der Waals surface area contributed by atoms with E-state index >= 15 is 0 Å². The lowest BCUT2D eigenvalue weighted by molar-refractivity contribution is 0.102. The van der Waals surface area contributed by atoms with Crippen LogP contribution in [0, 0.1) is 5.82 Å². The highest BCUT2D eigenvalue weighted by Gasteiger charge is 2.16. The molecule has 4 rings (SSSR count). The smallest absolute Gasteiger partial charge is 0.258 e. The van der Waals surface area contributed by atoms with Crippen molar-refractivity contribution in [3.63, 3.8) is 0 Å². The van der Waals surface area contributed by atoms with Crippen molar-refractivity contribution in [3.8, 4) is 11.5 Å². The van der Waals surface area contributed by atoms with Gasteiger partial charge in [0, 0.05) is 5.56 Å². The number of nitrogens with one attached hydrogen (secondary N) is 1. The molecule has 0 radical (unpaired) electrons. The molecule has 0 saturated heterocycles. The quantitative estimate of drug-likeness (QED) is 0.374. The van der Waals surface area contributed by atoms with Gasteiger partial charge in [-0.05, 0) is 60.4 Å². The van der Waals surface area contributed by atoms with Crippen molar-refractivity contribution in [3.05, 3.63) is 82.6 Å². The summed E-state index contributed by atoms with van der Waals surface area (Å²) in [6, 6.07) is 16.9. The molecular formula is C24H20ClFN2O2. The predicted molar refractivity (Wildman–Crippen MR) is 118 cm³/mol. The van der Waals surface area contributed by atoms with Crippen LogP contribution in [0.4, 0.5) is 10.1 Å². The van der Waals surface area contributed by atoms with Gasteiger partial charge in [0.05, 0.1) is 16.3 Å². The van der Waals surface area contributed by atoms with E-state index in [9.17, 15) is 9.18 Å². The zero-order valence-corrected chi connectivity index (χ0v) is 17.3. The molecule has 0 unspecified atom stereocenters. The summed E-state index contributed by atoms with van der Waals surface area (Å²) in [5.41, 5.74) is 3.62. The van der Waals surface area contributed by atoms with E-state index in [1.54, 1.807) is 24.3 Å².